The van der Waals surface area contributed by atoms with Gasteiger partial charge in [-0.15, -0.1) is 0 Å². The van der Waals surface area contributed by atoms with Crippen molar-refractivity contribution in [1.82, 2.24) is 14.5 Å². The van der Waals surface area contributed by atoms with E-state index in [1.165, 1.54) is 4.31 Å². The minimum Gasteiger partial charge on any atom is -0.379 e. The summed E-state index contributed by atoms with van der Waals surface area (Å²) >= 11 is 0. The van der Waals surface area contributed by atoms with Gasteiger partial charge in [0.05, 0.1) is 18.9 Å². The molecule has 1 aromatic carbocycles. The van der Waals surface area contributed by atoms with Gasteiger partial charge >= 0.3 is 0 Å². The Balaban J connectivity index is 1.89. The molecular formula is C13H15N3O3S. The zero-order chi connectivity index (χ0) is 14.0. The largest absolute Gasteiger partial charge is 0.379 e. The SMILES string of the molecule is O=S(=O)(c1cc(-c2ccccc2)n[nH]1)N1CCOCC1. The highest BCUT2D eigenvalue weighted by atomic mass is 32.2. The highest BCUT2D eigenvalue weighted by molar-refractivity contribution is 7.89. The molecule has 0 bridgehead atoms. The van der Waals surface area contributed by atoms with Crippen molar-refractivity contribution >= 4 is 10.0 Å². The van der Waals surface area contributed by atoms with Crippen LogP contribution >= 0.6 is 0 Å². The number of benzene rings is 1. The Hall–Kier alpha value is -1.70. The van der Waals surface area contributed by atoms with Gasteiger partial charge in [-0.3, -0.25) is 5.10 Å². The van der Waals surface area contributed by atoms with Crippen LogP contribution in [-0.2, 0) is 14.8 Å². The van der Waals surface area contributed by atoms with Crippen LogP contribution in [0.4, 0.5) is 0 Å². The fourth-order valence-corrected chi connectivity index (χ4v) is 3.45. The molecule has 0 saturated carbocycles. The highest BCUT2D eigenvalue weighted by Gasteiger charge is 2.28. The number of rotatable bonds is 3. The Morgan fingerprint density at radius 3 is 2.55 bits per heavy atom. The van der Waals surface area contributed by atoms with Crippen molar-refractivity contribution in [3.05, 3.63) is 36.4 Å². The van der Waals surface area contributed by atoms with E-state index >= 15 is 0 Å². The zero-order valence-electron chi connectivity index (χ0n) is 10.8. The first kappa shape index (κ1) is 13.3. The first-order valence-electron chi connectivity index (χ1n) is 6.37. The number of hydrogen-bond donors (Lipinski definition) is 1. The molecule has 1 N–H and O–H groups in total. The van der Waals surface area contributed by atoms with Crippen LogP contribution in [0.15, 0.2) is 41.4 Å². The molecule has 0 unspecified atom stereocenters. The highest BCUT2D eigenvalue weighted by Crippen LogP contribution is 2.21. The lowest BCUT2D eigenvalue weighted by Gasteiger charge is -2.25. The van der Waals surface area contributed by atoms with E-state index in [0.29, 0.717) is 32.0 Å². The van der Waals surface area contributed by atoms with Gasteiger partial charge in [0.15, 0.2) is 5.03 Å². The summed E-state index contributed by atoms with van der Waals surface area (Å²) < 4.78 is 31.5. The minimum absolute atomic E-state index is 0.123. The number of ether oxygens (including phenoxy) is 1. The van der Waals surface area contributed by atoms with Crippen molar-refractivity contribution in [3.8, 4) is 11.3 Å². The Bertz CT molecular complexity index is 676. The molecule has 1 aromatic heterocycles. The monoisotopic (exact) mass is 293 g/mol. The molecule has 0 aliphatic carbocycles. The minimum atomic E-state index is -3.51. The molecule has 1 aliphatic rings. The fourth-order valence-electron chi connectivity index (χ4n) is 2.12. The Morgan fingerprint density at radius 1 is 1.15 bits per heavy atom. The third kappa shape index (κ3) is 2.47. The molecule has 1 fully saturated rings. The second kappa shape index (κ2) is 5.35. The average molecular weight is 293 g/mol. The molecule has 2 heterocycles. The van der Waals surface area contributed by atoms with Gasteiger partial charge in [0.2, 0.25) is 0 Å². The Labute approximate surface area is 117 Å². The molecule has 0 spiro atoms. The summed E-state index contributed by atoms with van der Waals surface area (Å²) in [4.78, 5) is 0. The Kier molecular flexibility index (Phi) is 3.56. The van der Waals surface area contributed by atoms with E-state index in [4.69, 9.17) is 4.74 Å². The molecule has 20 heavy (non-hydrogen) atoms. The van der Waals surface area contributed by atoms with Crippen LogP contribution in [0.25, 0.3) is 11.3 Å². The third-order valence-electron chi connectivity index (χ3n) is 3.21. The molecule has 1 saturated heterocycles. The molecule has 6 nitrogen and oxygen atoms in total. The summed E-state index contributed by atoms with van der Waals surface area (Å²) in [5, 5.41) is 6.83. The predicted octanol–water partition coefficient (Wildman–Crippen LogP) is 1.10. The molecule has 1 aliphatic heterocycles. The molecule has 0 amide bonds. The van der Waals surface area contributed by atoms with Crippen LogP contribution in [0.1, 0.15) is 0 Å². The molecule has 3 rings (SSSR count). The summed E-state index contributed by atoms with van der Waals surface area (Å²) in [5.41, 5.74) is 1.50. The lowest BCUT2D eigenvalue weighted by atomic mass is 10.2. The fraction of sp³-hybridized carbons (Fsp3) is 0.308. The van der Waals surface area contributed by atoms with Crippen molar-refractivity contribution in [2.75, 3.05) is 26.3 Å². The van der Waals surface area contributed by atoms with Gasteiger partial charge in [-0.25, -0.2) is 8.42 Å². The van der Waals surface area contributed by atoms with Crippen LogP contribution < -0.4 is 0 Å². The molecule has 7 heteroatoms. The van der Waals surface area contributed by atoms with E-state index in [1.54, 1.807) is 6.07 Å². The van der Waals surface area contributed by atoms with Crippen molar-refractivity contribution in [1.29, 1.82) is 0 Å². The van der Waals surface area contributed by atoms with E-state index < -0.39 is 10.0 Å². The Morgan fingerprint density at radius 2 is 1.85 bits per heavy atom. The van der Waals surface area contributed by atoms with Gasteiger partial charge in [0.25, 0.3) is 10.0 Å². The number of aromatic amines is 1. The van der Waals surface area contributed by atoms with Crippen LogP contribution in [-0.4, -0.2) is 49.2 Å². The number of sulfonamides is 1. The maximum Gasteiger partial charge on any atom is 0.260 e. The standard InChI is InChI=1S/C13H15N3O3S/c17-20(18,16-6-8-19-9-7-16)13-10-12(14-15-13)11-4-2-1-3-5-11/h1-5,10H,6-9H2,(H,14,15). The second-order valence-corrected chi connectivity index (χ2v) is 6.41. The van der Waals surface area contributed by atoms with Gasteiger partial charge in [-0.05, 0) is 0 Å². The van der Waals surface area contributed by atoms with Gasteiger partial charge in [0, 0.05) is 24.7 Å². The smallest absolute Gasteiger partial charge is 0.260 e. The van der Waals surface area contributed by atoms with Crippen LogP contribution in [0, 0.1) is 0 Å². The topological polar surface area (TPSA) is 75.3 Å². The summed E-state index contributed by atoms with van der Waals surface area (Å²) in [7, 11) is -3.51. The lowest BCUT2D eigenvalue weighted by molar-refractivity contribution is 0.0729. The molecule has 0 radical (unpaired) electrons. The van der Waals surface area contributed by atoms with Crippen molar-refractivity contribution < 1.29 is 13.2 Å². The van der Waals surface area contributed by atoms with Crippen molar-refractivity contribution in [2.24, 2.45) is 0 Å². The number of nitrogens with one attached hydrogen (secondary N) is 1. The maximum absolute atomic E-state index is 12.4. The van der Waals surface area contributed by atoms with Crippen LogP contribution in [0.3, 0.4) is 0 Å². The van der Waals surface area contributed by atoms with Gasteiger partial charge in [-0.2, -0.15) is 9.40 Å². The van der Waals surface area contributed by atoms with E-state index in [2.05, 4.69) is 10.2 Å². The first-order chi connectivity index (χ1) is 9.68. The van der Waals surface area contributed by atoms with Gasteiger partial charge in [0.1, 0.15) is 0 Å². The van der Waals surface area contributed by atoms with Crippen molar-refractivity contribution in [3.63, 3.8) is 0 Å². The van der Waals surface area contributed by atoms with E-state index in [0.717, 1.165) is 5.56 Å². The summed E-state index contributed by atoms with van der Waals surface area (Å²) in [6.07, 6.45) is 0. The maximum atomic E-state index is 12.4. The van der Waals surface area contributed by atoms with Crippen LogP contribution in [0.5, 0.6) is 0 Å². The summed E-state index contributed by atoms with van der Waals surface area (Å²) in [5.74, 6) is 0. The number of hydrogen-bond acceptors (Lipinski definition) is 4. The van der Waals surface area contributed by atoms with E-state index in [9.17, 15) is 8.42 Å². The number of aromatic nitrogens is 2. The molecular weight excluding hydrogens is 278 g/mol. The summed E-state index contributed by atoms with van der Waals surface area (Å²) in [6.45, 7) is 1.61. The van der Waals surface area contributed by atoms with E-state index in [-0.39, 0.29) is 5.03 Å². The number of H-pyrrole nitrogens is 1. The van der Waals surface area contributed by atoms with Gasteiger partial charge in [-0.1, -0.05) is 30.3 Å². The summed E-state index contributed by atoms with van der Waals surface area (Å²) in [6, 6.07) is 11.0. The molecule has 2 aromatic rings. The lowest BCUT2D eigenvalue weighted by Crippen LogP contribution is -2.40. The quantitative estimate of drug-likeness (QED) is 0.919. The normalized spacial score (nSPS) is 17.2. The molecule has 106 valence electrons. The average Bonchev–Trinajstić information content (AvgIpc) is 3.00. The number of nitrogens with zero attached hydrogens (tertiary/aromatic N) is 2. The van der Waals surface area contributed by atoms with E-state index in [1.807, 2.05) is 30.3 Å². The molecule has 0 atom stereocenters. The third-order valence-corrected chi connectivity index (χ3v) is 5.02. The van der Waals surface area contributed by atoms with Crippen LogP contribution in [0.2, 0.25) is 0 Å². The van der Waals surface area contributed by atoms with Crippen molar-refractivity contribution in [2.45, 2.75) is 5.03 Å². The zero-order valence-corrected chi connectivity index (χ0v) is 11.6. The first-order valence-corrected chi connectivity index (χ1v) is 7.81. The predicted molar refractivity (Wildman–Crippen MR) is 73.6 cm³/mol. The van der Waals surface area contributed by atoms with Gasteiger partial charge < -0.3 is 4.74 Å². The second-order valence-electron chi connectivity index (χ2n) is 4.50. The number of morpholine rings is 1.